The van der Waals surface area contributed by atoms with Crippen LogP contribution in [0, 0.1) is 5.92 Å². The Bertz CT molecular complexity index is 3940. The normalized spacial score (nSPS) is 13.7. The van der Waals surface area contributed by atoms with Crippen molar-refractivity contribution in [2.45, 2.75) is 13.3 Å². The predicted octanol–water partition coefficient (Wildman–Crippen LogP) is 15.8. The number of benzene rings is 6. The van der Waals surface area contributed by atoms with E-state index in [0.29, 0.717) is 5.92 Å². The first-order valence-corrected chi connectivity index (χ1v) is 23.6. The fourth-order valence-electron chi connectivity index (χ4n) is 10.3. The second-order valence-corrected chi connectivity index (χ2v) is 17.9. The van der Waals surface area contributed by atoms with Gasteiger partial charge in [0.25, 0.3) is 0 Å². The molecule has 0 fully saturated rings. The third kappa shape index (κ3) is 7.13. The largest absolute Gasteiger partial charge is 0.294 e. The Balaban J connectivity index is 0.975. The molecule has 0 radical (unpaired) electrons. The average Bonchev–Trinajstić information content (AvgIpc) is 3.94. The molecule has 326 valence electrons. The SMILES string of the molecule is CC1C=CC=C(c2cc(-c3ccccc3)cc(-c3cccc(-n4c5ccccc5c5c6c7ccccc7n(-c7cccc(-c8cc(-c9ccccc9)cc(-c9ccccc9)n8)n7)c6ccc54)n3)n2)C1. The zero-order valence-electron chi connectivity index (χ0n) is 37.9. The third-order valence-electron chi connectivity index (χ3n) is 13.5. The summed E-state index contributed by atoms with van der Waals surface area (Å²) in [5.41, 5.74) is 16.3. The van der Waals surface area contributed by atoms with E-state index in [1.165, 1.54) is 16.3 Å². The molecular weight excluding hydrogens is 841 g/mol. The minimum absolute atomic E-state index is 0.447. The van der Waals surface area contributed by atoms with E-state index in [-0.39, 0.29) is 0 Å². The summed E-state index contributed by atoms with van der Waals surface area (Å²) in [6.45, 7) is 2.26. The van der Waals surface area contributed by atoms with Crippen molar-refractivity contribution in [2.24, 2.45) is 5.92 Å². The zero-order chi connectivity index (χ0) is 45.8. The Kier molecular flexibility index (Phi) is 9.75. The second kappa shape index (κ2) is 16.7. The summed E-state index contributed by atoms with van der Waals surface area (Å²) in [5, 5.41) is 4.65. The van der Waals surface area contributed by atoms with Gasteiger partial charge in [-0.25, -0.2) is 19.9 Å². The van der Waals surface area contributed by atoms with Gasteiger partial charge in [0.15, 0.2) is 0 Å². The number of allylic oxidation sites excluding steroid dienone is 4. The van der Waals surface area contributed by atoms with E-state index in [1.54, 1.807) is 0 Å². The molecular formula is C63H44N6. The summed E-state index contributed by atoms with van der Waals surface area (Å²) >= 11 is 0. The fourth-order valence-corrected chi connectivity index (χ4v) is 10.3. The molecule has 1 atom stereocenters. The van der Waals surface area contributed by atoms with Crippen LogP contribution in [0.5, 0.6) is 0 Å². The van der Waals surface area contributed by atoms with E-state index in [2.05, 4.69) is 241 Å². The van der Waals surface area contributed by atoms with E-state index >= 15 is 0 Å². The number of hydrogen-bond donors (Lipinski definition) is 0. The van der Waals surface area contributed by atoms with Crippen molar-refractivity contribution < 1.29 is 0 Å². The Hall–Kier alpha value is -9.00. The highest BCUT2D eigenvalue weighted by Gasteiger charge is 2.23. The molecule has 6 heterocycles. The number of nitrogens with zero attached hydrogens (tertiary/aromatic N) is 6. The molecule has 6 aromatic carbocycles. The minimum atomic E-state index is 0.447. The monoisotopic (exact) mass is 884 g/mol. The summed E-state index contributed by atoms with van der Waals surface area (Å²) in [6, 6.07) is 74.6. The molecule has 6 heteroatoms. The molecule has 1 aliphatic carbocycles. The average molecular weight is 885 g/mol. The van der Waals surface area contributed by atoms with Crippen LogP contribution in [-0.2, 0) is 0 Å². The van der Waals surface area contributed by atoms with Gasteiger partial charge in [0.1, 0.15) is 11.6 Å². The summed E-state index contributed by atoms with van der Waals surface area (Å²) in [4.78, 5) is 21.4. The van der Waals surface area contributed by atoms with Crippen molar-refractivity contribution in [3.8, 4) is 67.9 Å². The van der Waals surface area contributed by atoms with Crippen LogP contribution in [0.25, 0.3) is 117 Å². The standard InChI is InChI=1S/C63H44N6/c1-41-18-15-25-45(36-41)53-38-47(43-21-7-3-8-22-43)40-55(65-53)51-29-17-33-61(67-51)69-57-31-14-12-27-49(57)63-59(69)35-34-58-62(63)48-26-11-13-30-56(48)68(58)60-32-16-28-50(66-60)54-39-46(42-19-5-2-6-20-42)37-52(64-54)44-23-9-4-10-24-44/h2-35,37-41H,36H2,1H3. The molecule has 0 saturated carbocycles. The summed E-state index contributed by atoms with van der Waals surface area (Å²) in [7, 11) is 0. The molecule has 1 unspecified atom stereocenters. The van der Waals surface area contributed by atoms with Crippen molar-refractivity contribution in [2.75, 3.05) is 0 Å². The molecule has 0 amide bonds. The highest BCUT2D eigenvalue weighted by Crippen LogP contribution is 2.43. The van der Waals surface area contributed by atoms with Gasteiger partial charge in [-0.2, -0.15) is 0 Å². The van der Waals surface area contributed by atoms with Crippen molar-refractivity contribution >= 4 is 49.2 Å². The van der Waals surface area contributed by atoms with Crippen molar-refractivity contribution in [1.82, 2.24) is 29.1 Å². The van der Waals surface area contributed by atoms with Crippen LogP contribution in [0.15, 0.2) is 231 Å². The van der Waals surface area contributed by atoms with E-state index in [0.717, 1.165) is 113 Å². The number of rotatable bonds is 8. The van der Waals surface area contributed by atoms with Crippen LogP contribution in [0.3, 0.4) is 0 Å². The molecule has 0 saturated heterocycles. The Labute approximate surface area is 399 Å². The summed E-state index contributed by atoms with van der Waals surface area (Å²) in [6.07, 6.45) is 7.57. The molecule has 69 heavy (non-hydrogen) atoms. The lowest BCUT2D eigenvalue weighted by atomic mass is 9.92. The Morgan fingerprint density at radius 2 is 0.812 bits per heavy atom. The van der Waals surface area contributed by atoms with Gasteiger partial charge in [-0.3, -0.25) is 9.13 Å². The number of aromatic nitrogens is 6. The van der Waals surface area contributed by atoms with Crippen LogP contribution < -0.4 is 0 Å². The van der Waals surface area contributed by atoms with Gasteiger partial charge in [-0.05, 0) is 113 Å². The van der Waals surface area contributed by atoms with Crippen LogP contribution in [-0.4, -0.2) is 29.1 Å². The molecule has 6 nitrogen and oxygen atoms in total. The predicted molar refractivity (Wildman–Crippen MR) is 284 cm³/mol. The van der Waals surface area contributed by atoms with E-state index in [9.17, 15) is 0 Å². The first kappa shape index (κ1) is 40.3. The first-order chi connectivity index (χ1) is 34.1. The zero-order valence-corrected chi connectivity index (χ0v) is 37.9. The topological polar surface area (TPSA) is 61.4 Å². The number of hydrogen-bond acceptors (Lipinski definition) is 4. The van der Waals surface area contributed by atoms with Crippen molar-refractivity contribution in [3.05, 3.63) is 236 Å². The van der Waals surface area contributed by atoms with Gasteiger partial charge in [0, 0.05) is 27.1 Å². The first-order valence-electron chi connectivity index (χ1n) is 23.6. The molecule has 6 aromatic heterocycles. The van der Waals surface area contributed by atoms with Gasteiger partial charge in [0.2, 0.25) is 0 Å². The highest BCUT2D eigenvalue weighted by molar-refractivity contribution is 6.28. The van der Waals surface area contributed by atoms with Crippen LogP contribution in [0.2, 0.25) is 0 Å². The summed E-state index contributed by atoms with van der Waals surface area (Å²) < 4.78 is 4.62. The highest BCUT2D eigenvalue weighted by atomic mass is 15.1. The molecule has 12 aromatic rings. The van der Waals surface area contributed by atoms with Crippen molar-refractivity contribution in [3.63, 3.8) is 0 Å². The quantitative estimate of drug-likeness (QED) is 0.152. The lowest BCUT2D eigenvalue weighted by Crippen LogP contribution is -2.02. The maximum absolute atomic E-state index is 5.45. The van der Waals surface area contributed by atoms with Crippen LogP contribution in [0.1, 0.15) is 19.0 Å². The van der Waals surface area contributed by atoms with E-state index in [4.69, 9.17) is 19.9 Å². The van der Waals surface area contributed by atoms with Gasteiger partial charge in [-0.1, -0.05) is 165 Å². The Morgan fingerprint density at radius 1 is 0.362 bits per heavy atom. The van der Waals surface area contributed by atoms with Gasteiger partial charge < -0.3 is 0 Å². The maximum Gasteiger partial charge on any atom is 0.138 e. The maximum atomic E-state index is 5.45. The molecule has 1 aliphatic rings. The number of fused-ring (bicyclic) bond motifs is 7. The second-order valence-electron chi connectivity index (χ2n) is 17.9. The third-order valence-corrected chi connectivity index (χ3v) is 13.5. The molecule has 0 N–H and O–H groups in total. The minimum Gasteiger partial charge on any atom is -0.294 e. The van der Waals surface area contributed by atoms with E-state index < -0.39 is 0 Å². The molecule has 0 bridgehead atoms. The molecule has 0 aliphatic heterocycles. The number of para-hydroxylation sites is 2. The molecule has 0 spiro atoms. The smallest absolute Gasteiger partial charge is 0.138 e. The van der Waals surface area contributed by atoms with Gasteiger partial charge in [-0.15, -0.1) is 0 Å². The fraction of sp³-hybridized carbons (Fsp3) is 0.0476. The lowest BCUT2D eigenvalue weighted by Gasteiger charge is -2.16. The lowest BCUT2D eigenvalue weighted by molar-refractivity contribution is 0.747. The summed E-state index contributed by atoms with van der Waals surface area (Å²) in [5.74, 6) is 2.10. The Morgan fingerprint density at radius 3 is 1.33 bits per heavy atom. The van der Waals surface area contributed by atoms with Crippen LogP contribution >= 0.6 is 0 Å². The van der Waals surface area contributed by atoms with Gasteiger partial charge in [0.05, 0.1) is 56.2 Å². The molecule has 13 rings (SSSR count). The van der Waals surface area contributed by atoms with Crippen molar-refractivity contribution in [1.29, 1.82) is 0 Å². The van der Waals surface area contributed by atoms with Gasteiger partial charge >= 0.3 is 0 Å². The number of pyridine rings is 4. The van der Waals surface area contributed by atoms with Crippen LogP contribution in [0.4, 0.5) is 0 Å². The van der Waals surface area contributed by atoms with E-state index in [1.807, 2.05) is 6.07 Å².